The normalized spacial score (nSPS) is 17.2. The molecule has 0 spiro atoms. The summed E-state index contributed by atoms with van der Waals surface area (Å²) in [6.07, 6.45) is 2.60. The van der Waals surface area contributed by atoms with Crippen molar-refractivity contribution in [2.24, 2.45) is 0 Å². The maximum absolute atomic E-state index is 11.8. The van der Waals surface area contributed by atoms with E-state index < -0.39 is 0 Å². The van der Waals surface area contributed by atoms with E-state index in [1.165, 1.54) is 6.20 Å². The minimum atomic E-state index is -0.0354. The van der Waals surface area contributed by atoms with Crippen molar-refractivity contribution in [3.8, 4) is 0 Å². The van der Waals surface area contributed by atoms with Gasteiger partial charge in [0.05, 0.1) is 11.6 Å². The summed E-state index contributed by atoms with van der Waals surface area (Å²) in [5.41, 5.74) is 0. The van der Waals surface area contributed by atoms with Crippen LogP contribution in [0.3, 0.4) is 0 Å². The van der Waals surface area contributed by atoms with Gasteiger partial charge < -0.3 is 10.6 Å². The standard InChI is InChI=1S/C12H17ClN4O/c13-10-2-3-11(15-8-10)16-12(18)9-17-6-1-4-14-5-7-17/h2-3,8,14H,1,4-7,9H2,(H,15,16,18). The molecule has 98 valence electrons. The number of hydrogen-bond acceptors (Lipinski definition) is 4. The van der Waals surface area contributed by atoms with Crippen LogP contribution in [0.4, 0.5) is 5.82 Å². The molecule has 1 fully saturated rings. The number of hydrogen-bond donors (Lipinski definition) is 2. The van der Waals surface area contributed by atoms with Gasteiger partial charge in [-0.1, -0.05) is 11.6 Å². The highest BCUT2D eigenvalue weighted by Crippen LogP contribution is 2.09. The second kappa shape index (κ2) is 6.68. The molecule has 2 rings (SSSR count). The van der Waals surface area contributed by atoms with Crippen molar-refractivity contribution >= 4 is 23.3 Å². The molecule has 2 N–H and O–H groups in total. The highest BCUT2D eigenvalue weighted by molar-refractivity contribution is 6.30. The van der Waals surface area contributed by atoms with Gasteiger partial charge in [-0.05, 0) is 31.6 Å². The smallest absolute Gasteiger partial charge is 0.239 e. The van der Waals surface area contributed by atoms with Gasteiger partial charge in [0.15, 0.2) is 0 Å². The number of halogens is 1. The zero-order valence-electron chi connectivity index (χ0n) is 10.2. The number of amides is 1. The lowest BCUT2D eigenvalue weighted by molar-refractivity contribution is -0.117. The molecule has 0 unspecified atom stereocenters. The predicted molar refractivity (Wildman–Crippen MR) is 71.8 cm³/mol. The van der Waals surface area contributed by atoms with Crippen LogP contribution in [0.25, 0.3) is 0 Å². The summed E-state index contributed by atoms with van der Waals surface area (Å²) in [6.45, 7) is 4.23. The molecule has 18 heavy (non-hydrogen) atoms. The molecule has 6 heteroatoms. The van der Waals surface area contributed by atoms with Crippen LogP contribution in [-0.2, 0) is 4.79 Å². The molecule has 0 aromatic carbocycles. The molecule has 0 aliphatic carbocycles. The van der Waals surface area contributed by atoms with Crippen molar-refractivity contribution < 1.29 is 4.79 Å². The summed E-state index contributed by atoms with van der Waals surface area (Å²) in [7, 11) is 0. The van der Waals surface area contributed by atoms with Gasteiger partial charge in [-0.2, -0.15) is 0 Å². The van der Waals surface area contributed by atoms with E-state index in [0.717, 1.165) is 32.6 Å². The first-order valence-electron chi connectivity index (χ1n) is 6.08. The zero-order chi connectivity index (χ0) is 12.8. The number of carbonyl (C=O) groups is 1. The molecule has 0 saturated carbocycles. The SMILES string of the molecule is O=C(CN1CCCNCC1)Nc1ccc(Cl)cn1. The number of nitrogens with zero attached hydrogens (tertiary/aromatic N) is 2. The molecular formula is C12H17ClN4O. The summed E-state index contributed by atoms with van der Waals surface area (Å²) in [6, 6.07) is 3.41. The van der Waals surface area contributed by atoms with E-state index in [0.29, 0.717) is 17.4 Å². The Kier molecular flexibility index (Phi) is 4.92. The Hall–Kier alpha value is -1.17. The Morgan fingerprint density at radius 3 is 3.11 bits per heavy atom. The zero-order valence-corrected chi connectivity index (χ0v) is 10.9. The highest BCUT2D eigenvalue weighted by Gasteiger charge is 2.12. The van der Waals surface area contributed by atoms with Crippen molar-refractivity contribution in [3.05, 3.63) is 23.4 Å². The van der Waals surface area contributed by atoms with Crippen LogP contribution >= 0.6 is 11.6 Å². The molecule has 0 bridgehead atoms. The third-order valence-electron chi connectivity index (χ3n) is 2.79. The molecule has 5 nitrogen and oxygen atoms in total. The fourth-order valence-electron chi connectivity index (χ4n) is 1.89. The Morgan fingerprint density at radius 1 is 1.44 bits per heavy atom. The van der Waals surface area contributed by atoms with Crippen molar-refractivity contribution in [3.63, 3.8) is 0 Å². The van der Waals surface area contributed by atoms with Gasteiger partial charge in [-0.3, -0.25) is 9.69 Å². The molecule has 1 amide bonds. The minimum Gasteiger partial charge on any atom is -0.315 e. The lowest BCUT2D eigenvalue weighted by Crippen LogP contribution is -2.35. The molecular weight excluding hydrogens is 252 g/mol. The lowest BCUT2D eigenvalue weighted by Gasteiger charge is -2.18. The topological polar surface area (TPSA) is 57.3 Å². The molecule has 1 aromatic heterocycles. The third-order valence-corrected chi connectivity index (χ3v) is 3.02. The van der Waals surface area contributed by atoms with Crippen LogP contribution in [0.2, 0.25) is 5.02 Å². The van der Waals surface area contributed by atoms with Crippen LogP contribution in [0.15, 0.2) is 18.3 Å². The van der Waals surface area contributed by atoms with E-state index in [-0.39, 0.29) is 5.91 Å². The van der Waals surface area contributed by atoms with E-state index >= 15 is 0 Å². The van der Waals surface area contributed by atoms with Gasteiger partial charge in [0.25, 0.3) is 0 Å². The summed E-state index contributed by atoms with van der Waals surface area (Å²) in [5.74, 6) is 0.504. The largest absolute Gasteiger partial charge is 0.315 e. The van der Waals surface area contributed by atoms with Crippen molar-refractivity contribution in [2.45, 2.75) is 6.42 Å². The fourth-order valence-corrected chi connectivity index (χ4v) is 2.01. The van der Waals surface area contributed by atoms with Crippen molar-refractivity contribution in [1.82, 2.24) is 15.2 Å². The summed E-state index contributed by atoms with van der Waals surface area (Å²) in [5, 5.41) is 6.63. The fraction of sp³-hybridized carbons (Fsp3) is 0.500. The summed E-state index contributed by atoms with van der Waals surface area (Å²) >= 11 is 5.73. The summed E-state index contributed by atoms with van der Waals surface area (Å²) in [4.78, 5) is 18.0. The van der Waals surface area contributed by atoms with E-state index in [1.807, 2.05) is 0 Å². The van der Waals surface area contributed by atoms with Gasteiger partial charge in [0, 0.05) is 19.3 Å². The Balaban J connectivity index is 1.82. The first-order valence-corrected chi connectivity index (χ1v) is 6.46. The first-order chi connectivity index (χ1) is 8.74. The average molecular weight is 269 g/mol. The van der Waals surface area contributed by atoms with Crippen LogP contribution in [-0.4, -0.2) is 48.5 Å². The molecule has 1 aliphatic rings. The van der Waals surface area contributed by atoms with Gasteiger partial charge in [0.2, 0.25) is 5.91 Å². The molecule has 1 saturated heterocycles. The van der Waals surface area contributed by atoms with Gasteiger partial charge in [-0.15, -0.1) is 0 Å². The average Bonchev–Trinajstić information content (AvgIpc) is 2.61. The van der Waals surface area contributed by atoms with E-state index in [1.54, 1.807) is 12.1 Å². The monoisotopic (exact) mass is 268 g/mol. The second-order valence-electron chi connectivity index (χ2n) is 4.29. The second-order valence-corrected chi connectivity index (χ2v) is 4.73. The number of anilines is 1. The van der Waals surface area contributed by atoms with E-state index in [4.69, 9.17) is 11.6 Å². The van der Waals surface area contributed by atoms with Gasteiger partial charge in [0.1, 0.15) is 5.82 Å². The van der Waals surface area contributed by atoms with Crippen LogP contribution < -0.4 is 10.6 Å². The molecule has 1 aliphatic heterocycles. The number of nitrogens with one attached hydrogen (secondary N) is 2. The van der Waals surface area contributed by atoms with Crippen molar-refractivity contribution in [1.29, 1.82) is 0 Å². The Bertz CT molecular complexity index is 388. The number of rotatable bonds is 3. The van der Waals surface area contributed by atoms with E-state index in [9.17, 15) is 4.79 Å². The molecule has 0 radical (unpaired) electrons. The van der Waals surface area contributed by atoms with Crippen LogP contribution in [0.1, 0.15) is 6.42 Å². The lowest BCUT2D eigenvalue weighted by atomic mass is 10.4. The molecule has 0 atom stereocenters. The maximum atomic E-state index is 11.8. The van der Waals surface area contributed by atoms with Crippen LogP contribution in [0.5, 0.6) is 0 Å². The minimum absolute atomic E-state index is 0.0354. The highest BCUT2D eigenvalue weighted by atomic mass is 35.5. The third kappa shape index (κ3) is 4.25. The quantitative estimate of drug-likeness (QED) is 0.858. The van der Waals surface area contributed by atoms with E-state index in [2.05, 4.69) is 20.5 Å². The van der Waals surface area contributed by atoms with Crippen LogP contribution in [0, 0.1) is 0 Å². The Morgan fingerprint density at radius 2 is 2.33 bits per heavy atom. The van der Waals surface area contributed by atoms with Gasteiger partial charge in [-0.25, -0.2) is 4.98 Å². The first kappa shape index (κ1) is 13.3. The van der Waals surface area contributed by atoms with Gasteiger partial charge >= 0.3 is 0 Å². The molecule has 2 heterocycles. The van der Waals surface area contributed by atoms with Crippen molar-refractivity contribution in [2.75, 3.05) is 38.0 Å². The Labute approximate surface area is 112 Å². The molecule has 1 aromatic rings. The predicted octanol–water partition coefficient (Wildman–Crippen LogP) is 0.969. The summed E-state index contributed by atoms with van der Waals surface area (Å²) < 4.78 is 0. The maximum Gasteiger partial charge on any atom is 0.239 e. The number of pyridine rings is 1. The number of aromatic nitrogens is 1. The number of carbonyl (C=O) groups excluding carboxylic acids is 1.